The Labute approximate surface area is 209 Å². The van der Waals surface area contributed by atoms with Crippen LogP contribution in [0.25, 0.3) is 6.08 Å². The molecule has 1 aliphatic heterocycles. The number of nitrogens with zero attached hydrogens (tertiary/aromatic N) is 3. The Morgan fingerprint density at radius 3 is 2.66 bits per heavy atom. The number of amides is 3. The van der Waals surface area contributed by atoms with Gasteiger partial charge in [-0.05, 0) is 72.1 Å². The smallest absolute Gasteiger partial charge is 0.294 e. The maximum Gasteiger partial charge on any atom is 0.294 e. The third-order valence-corrected chi connectivity index (χ3v) is 6.06. The van der Waals surface area contributed by atoms with Crippen LogP contribution in [0.5, 0.6) is 11.6 Å². The van der Waals surface area contributed by atoms with Crippen molar-refractivity contribution in [3.05, 3.63) is 81.4 Å². The number of halogens is 2. The Balaban J connectivity index is 1.47. The van der Waals surface area contributed by atoms with Crippen LogP contribution in [0, 0.1) is 19.7 Å². The standard InChI is InChI=1S/C24H18ClFN4O4S/c1-13-5-3-6-14(2)20(13)28-19(31)12-30-22(32)18(35-24(30)33)10-15-7-4-8-16(9-15)34-21-17(26)11-27-23(25)29-21/h3-11H,12H2,1-2H3,(H,28,31)/b18-10+. The van der Waals surface area contributed by atoms with Crippen molar-refractivity contribution >= 4 is 52.2 Å². The van der Waals surface area contributed by atoms with Gasteiger partial charge in [-0.25, -0.2) is 4.98 Å². The summed E-state index contributed by atoms with van der Waals surface area (Å²) in [4.78, 5) is 46.1. The molecule has 1 aromatic heterocycles. The van der Waals surface area contributed by atoms with Crippen molar-refractivity contribution < 1.29 is 23.5 Å². The molecule has 178 valence electrons. The number of hydrogen-bond donors (Lipinski definition) is 1. The first-order valence-corrected chi connectivity index (χ1v) is 11.5. The fraction of sp³-hybridized carbons (Fsp3) is 0.125. The van der Waals surface area contributed by atoms with Gasteiger partial charge in [-0.3, -0.25) is 19.3 Å². The second-order valence-electron chi connectivity index (χ2n) is 7.55. The second kappa shape index (κ2) is 10.2. The van der Waals surface area contributed by atoms with E-state index in [9.17, 15) is 18.8 Å². The highest BCUT2D eigenvalue weighted by molar-refractivity contribution is 8.18. The number of imide groups is 1. The molecule has 0 saturated carbocycles. The second-order valence-corrected chi connectivity index (χ2v) is 8.88. The first kappa shape index (κ1) is 24.4. The number of aryl methyl sites for hydroxylation is 2. The van der Waals surface area contributed by atoms with Gasteiger partial charge in [0.2, 0.25) is 17.0 Å². The highest BCUT2D eigenvalue weighted by Gasteiger charge is 2.36. The molecule has 11 heteroatoms. The molecule has 0 atom stereocenters. The number of carbonyl (C=O) groups is 3. The summed E-state index contributed by atoms with van der Waals surface area (Å²) in [5, 5.41) is 2.04. The van der Waals surface area contributed by atoms with Gasteiger partial charge in [-0.15, -0.1) is 0 Å². The molecule has 2 heterocycles. The van der Waals surface area contributed by atoms with E-state index in [0.29, 0.717) is 11.3 Å². The lowest BCUT2D eigenvalue weighted by atomic mass is 10.1. The molecule has 0 aliphatic carbocycles. The maximum absolute atomic E-state index is 13.9. The van der Waals surface area contributed by atoms with Crippen molar-refractivity contribution in [1.82, 2.24) is 14.9 Å². The van der Waals surface area contributed by atoms with Gasteiger partial charge in [0, 0.05) is 5.69 Å². The van der Waals surface area contributed by atoms with Crippen molar-refractivity contribution in [2.75, 3.05) is 11.9 Å². The quantitative estimate of drug-likeness (QED) is 0.350. The van der Waals surface area contributed by atoms with E-state index < -0.39 is 29.4 Å². The number of anilines is 1. The van der Waals surface area contributed by atoms with Crippen LogP contribution in [0.4, 0.5) is 14.9 Å². The van der Waals surface area contributed by atoms with Crippen molar-refractivity contribution in [2.45, 2.75) is 13.8 Å². The van der Waals surface area contributed by atoms with Gasteiger partial charge in [0.05, 0.1) is 11.1 Å². The number of nitrogens with one attached hydrogen (secondary N) is 1. The molecule has 1 aliphatic rings. The van der Waals surface area contributed by atoms with E-state index in [1.807, 2.05) is 32.0 Å². The van der Waals surface area contributed by atoms with E-state index in [2.05, 4.69) is 15.3 Å². The highest BCUT2D eigenvalue weighted by atomic mass is 35.5. The van der Waals surface area contributed by atoms with Crippen LogP contribution in [0.1, 0.15) is 16.7 Å². The number of thioether (sulfide) groups is 1. The van der Waals surface area contributed by atoms with Gasteiger partial charge in [0.1, 0.15) is 12.3 Å². The third kappa shape index (κ3) is 5.67. The molecular weight excluding hydrogens is 495 g/mol. The summed E-state index contributed by atoms with van der Waals surface area (Å²) in [6.45, 7) is 3.31. The van der Waals surface area contributed by atoms with E-state index in [0.717, 1.165) is 34.0 Å². The summed E-state index contributed by atoms with van der Waals surface area (Å²) in [5.41, 5.74) is 2.92. The molecule has 8 nitrogen and oxygen atoms in total. The molecule has 3 aromatic rings. The van der Waals surface area contributed by atoms with Crippen LogP contribution in [0.15, 0.2) is 53.6 Å². The molecule has 1 saturated heterocycles. The first-order chi connectivity index (χ1) is 16.7. The minimum absolute atomic E-state index is 0.142. The van der Waals surface area contributed by atoms with Gasteiger partial charge in [0.15, 0.2) is 0 Å². The molecule has 0 spiro atoms. The van der Waals surface area contributed by atoms with E-state index >= 15 is 0 Å². The minimum atomic E-state index is -0.792. The molecule has 1 N–H and O–H groups in total. The van der Waals surface area contributed by atoms with E-state index in [4.69, 9.17) is 16.3 Å². The van der Waals surface area contributed by atoms with Gasteiger partial charge in [0.25, 0.3) is 17.0 Å². The van der Waals surface area contributed by atoms with Crippen LogP contribution >= 0.6 is 23.4 Å². The largest absolute Gasteiger partial charge is 0.436 e. The molecule has 0 unspecified atom stereocenters. The van der Waals surface area contributed by atoms with Gasteiger partial charge in [-0.2, -0.15) is 9.37 Å². The molecule has 3 amide bonds. The Morgan fingerprint density at radius 1 is 1.20 bits per heavy atom. The Hall–Kier alpha value is -3.76. The topological polar surface area (TPSA) is 101 Å². The fourth-order valence-electron chi connectivity index (χ4n) is 3.30. The van der Waals surface area contributed by atoms with Crippen molar-refractivity contribution in [3.8, 4) is 11.6 Å². The van der Waals surface area contributed by atoms with Crippen LogP contribution in [-0.4, -0.2) is 38.5 Å². The Bertz CT molecular complexity index is 1360. The average molecular weight is 513 g/mol. The monoisotopic (exact) mass is 512 g/mol. The predicted octanol–water partition coefficient (Wildman–Crippen LogP) is 5.35. The normalized spacial score (nSPS) is 14.5. The van der Waals surface area contributed by atoms with Crippen LogP contribution < -0.4 is 10.1 Å². The molecule has 4 rings (SSSR count). The summed E-state index contributed by atoms with van der Waals surface area (Å²) >= 11 is 6.41. The Morgan fingerprint density at radius 2 is 1.91 bits per heavy atom. The maximum atomic E-state index is 13.9. The van der Waals surface area contributed by atoms with E-state index in [1.54, 1.807) is 18.2 Å². The summed E-state index contributed by atoms with van der Waals surface area (Å²) in [6, 6.07) is 12.0. The zero-order valence-corrected chi connectivity index (χ0v) is 20.1. The highest BCUT2D eigenvalue weighted by Crippen LogP contribution is 2.33. The molecule has 1 fully saturated rings. The number of aromatic nitrogens is 2. The summed E-state index contributed by atoms with van der Waals surface area (Å²) in [5.74, 6) is -1.97. The number of para-hydroxylation sites is 1. The molecule has 35 heavy (non-hydrogen) atoms. The summed E-state index contributed by atoms with van der Waals surface area (Å²) in [7, 11) is 0. The SMILES string of the molecule is Cc1cccc(C)c1NC(=O)CN1C(=O)S/C(=C/c2cccc(Oc3nc(Cl)ncc3F)c2)C1=O. The van der Waals surface area contributed by atoms with Crippen molar-refractivity contribution in [2.24, 2.45) is 0 Å². The number of hydrogen-bond acceptors (Lipinski definition) is 7. The average Bonchev–Trinajstić information content (AvgIpc) is 3.06. The minimum Gasteiger partial charge on any atom is -0.436 e. The van der Waals surface area contributed by atoms with Gasteiger partial charge in [-0.1, -0.05) is 30.3 Å². The lowest BCUT2D eigenvalue weighted by molar-refractivity contribution is -0.127. The zero-order chi connectivity index (χ0) is 25.1. The van der Waals surface area contributed by atoms with Crippen LogP contribution in [0.3, 0.4) is 0 Å². The molecule has 0 bridgehead atoms. The van der Waals surface area contributed by atoms with E-state index in [-0.39, 0.29) is 21.8 Å². The number of rotatable bonds is 6. The van der Waals surface area contributed by atoms with Crippen LogP contribution in [0.2, 0.25) is 5.28 Å². The Kier molecular flexibility index (Phi) is 7.13. The predicted molar refractivity (Wildman–Crippen MR) is 131 cm³/mol. The first-order valence-electron chi connectivity index (χ1n) is 10.3. The van der Waals surface area contributed by atoms with Gasteiger partial charge < -0.3 is 10.1 Å². The number of benzene rings is 2. The summed E-state index contributed by atoms with van der Waals surface area (Å²) in [6.07, 6.45) is 2.38. The third-order valence-electron chi connectivity index (χ3n) is 4.97. The number of ether oxygens (including phenoxy) is 1. The van der Waals surface area contributed by atoms with Gasteiger partial charge >= 0.3 is 0 Å². The lowest BCUT2D eigenvalue weighted by Gasteiger charge is -2.15. The lowest BCUT2D eigenvalue weighted by Crippen LogP contribution is -2.36. The molecule has 2 aromatic carbocycles. The van der Waals surface area contributed by atoms with Crippen molar-refractivity contribution in [3.63, 3.8) is 0 Å². The summed E-state index contributed by atoms with van der Waals surface area (Å²) < 4.78 is 19.3. The van der Waals surface area contributed by atoms with Crippen molar-refractivity contribution in [1.29, 1.82) is 0 Å². The van der Waals surface area contributed by atoms with Crippen LogP contribution in [-0.2, 0) is 9.59 Å². The zero-order valence-electron chi connectivity index (χ0n) is 18.5. The van der Waals surface area contributed by atoms with E-state index in [1.165, 1.54) is 12.1 Å². The fourth-order valence-corrected chi connectivity index (χ4v) is 4.27. The molecular formula is C24H18ClFN4O4S. The molecule has 0 radical (unpaired) electrons. The number of carbonyl (C=O) groups excluding carboxylic acids is 3.